The highest BCUT2D eigenvalue weighted by Crippen LogP contribution is 2.22. The van der Waals surface area contributed by atoms with Crippen LogP contribution in [-0.2, 0) is 4.79 Å². The number of amides is 2. The maximum absolute atomic E-state index is 12.8. The van der Waals surface area contributed by atoms with Crippen molar-refractivity contribution in [2.24, 2.45) is 0 Å². The molecule has 7 heteroatoms. The summed E-state index contributed by atoms with van der Waals surface area (Å²) in [5, 5.41) is 5.78. The number of ketones is 1. The summed E-state index contributed by atoms with van der Waals surface area (Å²) in [6.45, 7) is 2.25. The lowest BCUT2D eigenvalue weighted by molar-refractivity contribution is -0.120. The summed E-state index contributed by atoms with van der Waals surface area (Å²) in [4.78, 5) is 37.9. The van der Waals surface area contributed by atoms with Gasteiger partial charge in [0.25, 0.3) is 11.8 Å². The van der Waals surface area contributed by atoms with E-state index < -0.39 is 6.04 Å². The second-order valence-electron chi connectivity index (χ2n) is 9.48. The maximum atomic E-state index is 12.8. The summed E-state index contributed by atoms with van der Waals surface area (Å²) >= 11 is 0. The number of ether oxygens (including phenoxy) is 2. The number of rotatable bonds is 14. The maximum Gasteiger partial charge on any atom is 0.251 e. The van der Waals surface area contributed by atoms with Crippen LogP contribution in [0.3, 0.4) is 0 Å². The van der Waals surface area contributed by atoms with Gasteiger partial charge in [0.05, 0.1) is 6.04 Å². The lowest BCUT2D eigenvalue weighted by atomic mass is 10.0. The number of carbonyl (C=O) groups excluding carboxylic acids is 3. The number of nitrogens with one attached hydrogen (secondary N) is 2. The van der Waals surface area contributed by atoms with Crippen molar-refractivity contribution in [2.45, 2.75) is 38.6 Å². The normalized spacial score (nSPS) is 11.2. The third-order valence-corrected chi connectivity index (χ3v) is 6.44. The minimum Gasteiger partial charge on any atom is -0.457 e. The molecular weight excluding hydrogens is 516 g/mol. The second kappa shape index (κ2) is 15.0. The van der Waals surface area contributed by atoms with E-state index in [1.165, 1.54) is 0 Å². The fourth-order valence-electron chi connectivity index (χ4n) is 4.18. The largest absolute Gasteiger partial charge is 0.457 e. The number of hydrogen-bond donors (Lipinski definition) is 2. The van der Waals surface area contributed by atoms with Gasteiger partial charge >= 0.3 is 0 Å². The zero-order valence-corrected chi connectivity index (χ0v) is 23.0. The highest BCUT2D eigenvalue weighted by Gasteiger charge is 2.20. The Morgan fingerprint density at radius 3 is 1.56 bits per heavy atom. The second-order valence-corrected chi connectivity index (χ2v) is 9.48. The molecule has 0 aliphatic heterocycles. The molecule has 2 amide bonds. The summed E-state index contributed by atoms with van der Waals surface area (Å²) in [7, 11) is 0. The Bertz CT molecular complexity index is 1410. The molecule has 210 valence electrons. The highest BCUT2D eigenvalue weighted by atomic mass is 16.5. The van der Waals surface area contributed by atoms with Crippen molar-refractivity contribution >= 4 is 17.6 Å². The van der Waals surface area contributed by atoms with Gasteiger partial charge in [0.2, 0.25) is 0 Å². The molecule has 1 atom stereocenters. The van der Waals surface area contributed by atoms with Gasteiger partial charge < -0.3 is 20.1 Å². The predicted octanol–water partition coefficient (Wildman–Crippen LogP) is 6.95. The summed E-state index contributed by atoms with van der Waals surface area (Å²) in [6.07, 6.45) is 2.17. The van der Waals surface area contributed by atoms with Crippen molar-refractivity contribution in [3.05, 3.63) is 120 Å². The molecule has 2 N–H and O–H groups in total. The number of carbonyl (C=O) groups is 3. The Morgan fingerprint density at radius 2 is 1.07 bits per heavy atom. The monoisotopic (exact) mass is 550 g/mol. The molecule has 4 aromatic carbocycles. The third kappa shape index (κ3) is 9.07. The molecular formula is C34H34N2O5. The van der Waals surface area contributed by atoms with Gasteiger partial charge in [0, 0.05) is 24.1 Å². The van der Waals surface area contributed by atoms with Crippen molar-refractivity contribution < 1.29 is 23.9 Å². The van der Waals surface area contributed by atoms with Gasteiger partial charge in [-0.1, -0.05) is 43.3 Å². The third-order valence-electron chi connectivity index (χ3n) is 6.44. The van der Waals surface area contributed by atoms with Crippen LogP contribution in [0.2, 0.25) is 0 Å². The molecule has 4 aromatic rings. The van der Waals surface area contributed by atoms with Crippen molar-refractivity contribution in [2.75, 3.05) is 6.54 Å². The molecule has 0 saturated heterocycles. The van der Waals surface area contributed by atoms with Gasteiger partial charge in [0.1, 0.15) is 23.0 Å². The molecule has 0 aromatic heterocycles. The summed E-state index contributed by atoms with van der Waals surface area (Å²) in [6, 6.07) is 32.0. The topological polar surface area (TPSA) is 93.7 Å². The van der Waals surface area contributed by atoms with E-state index in [0.29, 0.717) is 60.6 Å². The first-order chi connectivity index (χ1) is 20.0. The molecule has 1 unspecified atom stereocenters. The zero-order valence-electron chi connectivity index (χ0n) is 23.0. The van der Waals surface area contributed by atoms with Crippen LogP contribution in [0.5, 0.6) is 23.0 Å². The average Bonchev–Trinajstić information content (AvgIpc) is 3.01. The molecule has 0 fully saturated rings. The molecule has 0 radical (unpaired) electrons. The number of hydrogen-bond acceptors (Lipinski definition) is 5. The number of para-hydroxylation sites is 2. The van der Waals surface area contributed by atoms with E-state index in [1.54, 1.807) is 55.5 Å². The average molecular weight is 551 g/mol. The first kappa shape index (κ1) is 29.1. The molecule has 4 rings (SSSR count). The van der Waals surface area contributed by atoms with Crippen LogP contribution in [0.15, 0.2) is 109 Å². The lowest BCUT2D eigenvalue weighted by Crippen LogP contribution is -2.40. The standard InChI is InChI=1S/C34H34N2O5/c1-2-32(37)31(36-34(39)26-18-22-30(23-19-26)41-28-13-7-4-8-14-28)15-9-10-24-35-33(38)25-16-20-29(21-17-25)40-27-11-5-3-6-12-27/h3-8,11-14,16-23,31H,2,9-10,15,24H2,1H3,(H,35,38)(H,36,39). The van der Waals surface area contributed by atoms with Crippen LogP contribution in [0, 0.1) is 0 Å². The lowest BCUT2D eigenvalue weighted by Gasteiger charge is -2.17. The molecule has 0 aliphatic rings. The van der Waals surface area contributed by atoms with Gasteiger partial charge in [-0.2, -0.15) is 0 Å². The van der Waals surface area contributed by atoms with Crippen molar-refractivity contribution in [1.82, 2.24) is 10.6 Å². The van der Waals surface area contributed by atoms with E-state index in [-0.39, 0.29) is 17.6 Å². The fraction of sp³-hybridized carbons (Fsp3) is 0.206. The van der Waals surface area contributed by atoms with Gasteiger partial charge in [-0.05, 0) is 92.1 Å². The first-order valence-corrected chi connectivity index (χ1v) is 13.8. The van der Waals surface area contributed by atoms with Crippen LogP contribution in [0.25, 0.3) is 0 Å². The molecule has 7 nitrogen and oxygen atoms in total. The van der Waals surface area contributed by atoms with Crippen LogP contribution in [0.1, 0.15) is 53.3 Å². The smallest absolute Gasteiger partial charge is 0.251 e. The molecule has 0 saturated carbocycles. The quantitative estimate of drug-likeness (QED) is 0.166. The summed E-state index contributed by atoms with van der Waals surface area (Å²) < 4.78 is 11.5. The molecule has 41 heavy (non-hydrogen) atoms. The minimum atomic E-state index is -0.583. The zero-order chi connectivity index (χ0) is 28.9. The van der Waals surface area contributed by atoms with Gasteiger partial charge in [-0.3, -0.25) is 14.4 Å². The van der Waals surface area contributed by atoms with Crippen LogP contribution in [0.4, 0.5) is 0 Å². The van der Waals surface area contributed by atoms with E-state index in [0.717, 1.165) is 5.75 Å². The van der Waals surface area contributed by atoms with Gasteiger partial charge in [0.15, 0.2) is 5.78 Å². The van der Waals surface area contributed by atoms with E-state index in [9.17, 15) is 14.4 Å². The van der Waals surface area contributed by atoms with E-state index >= 15 is 0 Å². The highest BCUT2D eigenvalue weighted by molar-refractivity contribution is 5.98. The molecule has 0 aliphatic carbocycles. The van der Waals surface area contributed by atoms with E-state index in [2.05, 4.69) is 10.6 Å². The fourth-order valence-corrected chi connectivity index (χ4v) is 4.18. The Labute approximate surface area is 240 Å². The summed E-state index contributed by atoms with van der Waals surface area (Å²) in [5.74, 6) is 2.20. The van der Waals surface area contributed by atoms with Crippen LogP contribution >= 0.6 is 0 Å². The first-order valence-electron chi connectivity index (χ1n) is 13.8. The van der Waals surface area contributed by atoms with Gasteiger partial charge in [-0.15, -0.1) is 0 Å². The molecule has 0 spiro atoms. The Kier molecular flexibility index (Phi) is 10.7. The summed E-state index contributed by atoms with van der Waals surface area (Å²) in [5.41, 5.74) is 0.990. The van der Waals surface area contributed by atoms with E-state index in [1.807, 2.05) is 60.7 Å². The SMILES string of the molecule is CCC(=O)C(CCCCNC(=O)c1ccc(Oc2ccccc2)cc1)NC(=O)c1ccc(Oc2ccccc2)cc1. The Hall–Kier alpha value is -4.91. The van der Waals surface area contributed by atoms with E-state index in [4.69, 9.17) is 9.47 Å². The molecule has 0 bridgehead atoms. The Morgan fingerprint density at radius 1 is 0.610 bits per heavy atom. The Balaban J connectivity index is 1.20. The van der Waals surface area contributed by atoms with Crippen molar-refractivity contribution in [3.8, 4) is 23.0 Å². The number of Topliss-reactive ketones (excluding diaryl/α,β-unsaturated/α-hetero) is 1. The van der Waals surface area contributed by atoms with Crippen LogP contribution in [-0.4, -0.2) is 30.2 Å². The van der Waals surface area contributed by atoms with Gasteiger partial charge in [-0.25, -0.2) is 0 Å². The predicted molar refractivity (Wildman–Crippen MR) is 159 cm³/mol. The minimum absolute atomic E-state index is 0.0239. The number of unbranched alkanes of at least 4 members (excludes halogenated alkanes) is 1. The van der Waals surface area contributed by atoms with Crippen molar-refractivity contribution in [3.63, 3.8) is 0 Å². The van der Waals surface area contributed by atoms with Crippen molar-refractivity contribution in [1.29, 1.82) is 0 Å². The molecule has 0 heterocycles. The van der Waals surface area contributed by atoms with Crippen LogP contribution < -0.4 is 20.1 Å². The number of benzene rings is 4.